The largest absolute Gasteiger partial charge is 0.389 e. The minimum absolute atomic E-state index is 0.119. The van der Waals surface area contributed by atoms with Gasteiger partial charge in [-0.25, -0.2) is 0 Å². The van der Waals surface area contributed by atoms with Crippen molar-refractivity contribution in [2.24, 2.45) is 0 Å². The lowest BCUT2D eigenvalue weighted by Crippen LogP contribution is -2.46. The van der Waals surface area contributed by atoms with E-state index < -0.39 is 12.2 Å². The Morgan fingerprint density at radius 1 is 1.47 bits per heavy atom. The maximum absolute atomic E-state index is 10.9. The molecule has 0 aromatic rings. The first-order chi connectivity index (χ1) is 7.91. The number of rotatable bonds is 5. The number of β-amino-alcohol motifs (C(OH)–C–C–N with tert-alkyl or cyclic N) is 1. The van der Waals surface area contributed by atoms with Gasteiger partial charge in [0.25, 0.3) is 0 Å². The van der Waals surface area contributed by atoms with Crippen molar-refractivity contribution in [3.05, 3.63) is 0 Å². The Kier molecular flexibility index (Phi) is 5.32. The molecule has 1 saturated heterocycles. The number of likely N-dealkylation sites (N-methyl/N-ethyl adjacent to an activating group) is 1. The van der Waals surface area contributed by atoms with Crippen molar-refractivity contribution in [3.8, 4) is 0 Å². The van der Waals surface area contributed by atoms with Gasteiger partial charge in [-0.1, -0.05) is 0 Å². The van der Waals surface area contributed by atoms with Crippen LogP contribution in [0.1, 0.15) is 6.92 Å². The molecule has 0 unspecified atom stereocenters. The summed E-state index contributed by atoms with van der Waals surface area (Å²) in [7, 11) is 3.96. The van der Waals surface area contributed by atoms with E-state index in [1.165, 1.54) is 6.92 Å². The van der Waals surface area contributed by atoms with Gasteiger partial charge in [0, 0.05) is 33.1 Å². The number of carbonyl (C=O) groups is 1. The lowest BCUT2D eigenvalue weighted by atomic mass is 10.1. The van der Waals surface area contributed by atoms with Crippen molar-refractivity contribution < 1.29 is 15.0 Å². The number of amides is 1. The predicted octanol–water partition coefficient (Wildman–Crippen LogP) is -1.91. The molecule has 3 N–H and O–H groups in total. The summed E-state index contributed by atoms with van der Waals surface area (Å²) in [4.78, 5) is 14.9. The second kappa shape index (κ2) is 6.30. The smallest absolute Gasteiger partial charge is 0.216 e. The average Bonchev–Trinajstić information content (AvgIpc) is 2.49. The second-order valence-corrected chi connectivity index (χ2v) is 4.86. The Labute approximate surface area is 102 Å². The average molecular weight is 245 g/mol. The summed E-state index contributed by atoms with van der Waals surface area (Å²) in [6.07, 6.45) is -1.51. The van der Waals surface area contributed by atoms with E-state index in [0.717, 1.165) is 13.1 Å². The number of nitrogens with one attached hydrogen (secondary N) is 1. The molecule has 100 valence electrons. The number of carbonyl (C=O) groups excluding carboxylic acids is 1. The normalized spacial score (nSPS) is 29.9. The highest BCUT2D eigenvalue weighted by Gasteiger charge is 2.39. The van der Waals surface area contributed by atoms with E-state index in [2.05, 4.69) is 5.32 Å². The molecule has 6 nitrogen and oxygen atoms in total. The molecular weight excluding hydrogens is 222 g/mol. The van der Waals surface area contributed by atoms with Gasteiger partial charge in [-0.15, -0.1) is 0 Å². The van der Waals surface area contributed by atoms with E-state index in [-0.39, 0.29) is 11.9 Å². The summed E-state index contributed by atoms with van der Waals surface area (Å²) in [6, 6.07) is -0.200. The Morgan fingerprint density at radius 3 is 2.65 bits per heavy atom. The molecule has 1 fully saturated rings. The van der Waals surface area contributed by atoms with Crippen LogP contribution >= 0.6 is 0 Å². The van der Waals surface area contributed by atoms with Gasteiger partial charge >= 0.3 is 0 Å². The molecule has 1 amide bonds. The first-order valence-electron chi connectivity index (χ1n) is 5.91. The van der Waals surface area contributed by atoms with Gasteiger partial charge in [0.05, 0.1) is 18.2 Å². The zero-order chi connectivity index (χ0) is 13.0. The van der Waals surface area contributed by atoms with Gasteiger partial charge in [-0.3, -0.25) is 9.69 Å². The molecule has 1 rings (SSSR count). The summed E-state index contributed by atoms with van der Waals surface area (Å²) in [5.74, 6) is -0.119. The van der Waals surface area contributed by atoms with Gasteiger partial charge in [-0.05, 0) is 14.1 Å². The fourth-order valence-electron chi connectivity index (χ4n) is 2.04. The SMILES string of the molecule is CC(=O)NC[C@@H]1[C@@H](O)[C@@H](O)CN1CCN(C)C. The molecule has 0 aromatic heterocycles. The molecule has 1 aliphatic heterocycles. The number of likely N-dealkylation sites (tertiary alicyclic amines) is 1. The van der Waals surface area contributed by atoms with Crippen LogP contribution in [-0.2, 0) is 4.79 Å². The van der Waals surface area contributed by atoms with E-state index in [0.29, 0.717) is 13.1 Å². The van der Waals surface area contributed by atoms with Crippen molar-refractivity contribution in [1.82, 2.24) is 15.1 Å². The summed E-state index contributed by atoms with van der Waals surface area (Å²) in [5, 5.41) is 22.2. The van der Waals surface area contributed by atoms with E-state index in [1.54, 1.807) is 0 Å². The van der Waals surface area contributed by atoms with Gasteiger partial charge in [0.2, 0.25) is 5.91 Å². The molecule has 0 spiro atoms. The highest BCUT2D eigenvalue weighted by molar-refractivity contribution is 5.72. The Balaban J connectivity index is 2.51. The van der Waals surface area contributed by atoms with Crippen LogP contribution in [0.3, 0.4) is 0 Å². The molecule has 0 radical (unpaired) electrons. The van der Waals surface area contributed by atoms with Crippen LogP contribution in [-0.4, -0.2) is 84.4 Å². The van der Waals surface area contributed by atoms with Crippen LogP contribution in [0.5, 0.6) is 0 Å². The molecule has 1 aliphatic rings. The zero-order valence-electron chi connectivity index (χ0n) is 10.8. The van der Waals surface area contributed by atoms with Crippen molar-refractivity contribution in [3.63, 3.8) is 0 Å². The van der Waals surface area contributed by atoms with Gasteiger partial charge in [0.1, 0.15) is 0 Å². The number of aliphatic hydroxyl groups is 2. The van der Waals surface area contributed by atoms with Crippen LogP contribution < -0.4 is 5.32 Å². The van der Waals surface area contributed by atoms with Gasteiger partial charge in [-0.2, -0.15) is 0 Å². The summed E-state index contributed by atoms with van der Waals surface area (Å²) < 4.78 is 0. The third kappa shape index (κ3) is 4.23. The summed E-state index contributed by atoms with van der Waals surface area (Å²) >= 11 is 0. The van der Waals surface area contributed by atoms with Crippen molar-refractivity contribution in [2.45, 2.75) is 25.2 Å². The Hall–Kier alpha value is -0.690. The van der Waals surface area contributed by atoms with E-state index in [4.69, 9.17) is 0 Å². The molecule has 6 heteroatoms. The number of aliphatic hydroxyl groups excluding tert-OH is 2. The third-order valence-electron chi connectivity index (χ3n) is 3.07. The van der Waals surface area contributed by atoms with Crippen molar-refractivity contribution in [2.75, 3.05) is 40.3 Å². The van der Waals surface area contributed by atoms with Crippen LogP contribution in [0.15, 0.2) is 0 Å². The minimum Gasteiger partial charge on any atom is -0.389 e. The molecule has 0 saturated carbocycles. The monoisotopic (exact) mass is 245 g/mol. The first-order valence-corrected chi connectivity index (χ1v) is 5.91. The maximum atomic E-state index is 10.9. The lowest BCUT2D eigenvalue weighted by molar-refractivity contribution is -0.119. The van der Waals surface area contributed by atoms with E-state index in [1.807, 2.05) is 23.9 Å². The molecule has 0 aromatic carbocycles. The molecule has 3 atom stereocenters. The number of hydrogen-bond donors (Lipinski definition) is 3. The molecule has 17 heavy (non-hydrogen) atoms. The van der Waals surface area contributed by atoms with Gasteiger partial charge < -0.3 is 20.4 Å². The highest BCUT2D eigenvalue weighted by Crippen LogP contribution is 2.17. The molecule has 0 bridgehead atoms. The van der Waals surface area contributed by atoms with E-state index in [9.17, 15) is 15.0 Å². The first kappa shape index (κ1) is 14.4. The molecule has 1 heterocycles. The second-order valence-electron chi connectivity index (χ2n) is 4.86. The van der Waals surface area contributed by atoms with Gasteiger partial charge in [0.15, 0.2) is 0 Å². The fourth-order valence-corrected chi connectivity index (χ4v) is 2.04. The Bertz CT molecular complexity index is 260. The predicted molar refractivity (Wildman–Crippen MR) is 64.6 cm³/mol. The topological polar surface area (TPSA) is 76.0 Å². The highest BCUT2D eigenvalue weighted by atomic mass is 16.3. The quantitative estimate of drug-likeness (QED) is 0.527. The number of nitrogens with zero attached hydrogens (tertiary/aromatic N) is 2. The zero-order valence-corrected chi connectivity index (χ0v) is 10.8. The lowest BCUT2D eigenvalue weighted by Gasteiger charge is -2.26. The van der Waals surface area contributed by atoms with Crippen molar-refractivity contribution in [1.29, 1.82) is 0 Å². The summed E-state index contributed by atoms with van der Waals surface area (Å²) in [5.41, 5.74) is 0. The maximum Gasteiger partial charge on any atom is 0.216 e. The van der Waals surface area contributed by atoms with Crippen LogP contribution in [0.2, 0.25) is 0 Å². The van der Waals surface area contributed by atoms with E-state index >= 15 is 0 Å². The van der Waals surface area contributed by atoms with Crippen LogP contribution in [0, 0.1) is 0 Å². The minimum atomic E-state index is -0.788. The van der Waals surface area contributed by atoms with Crippen LogP contribution in [0.25, 0.3) is 0 Å². The third-order valence-corrected chi connectivity index (χ3v) is 3.07. The summed E-state index contributed by atoms with van der Waals surface area (Å²) in [6.45, 7) is 3.91. The molecule has 0 aliphatic carbocycles. The van der Waals surface area contributed by atoms with Crippen LogP contribution in [0.4, 0.5) is 0 Å². The number of hydrogen-bond acceptors (Lipinski definition) is 5. The van der Waals surface area contributed by atoms with Crippen molar-refractivity contribution >= 4 is 5.91 Å². The Morgan fingerprint density at radius 2 is 2.12 bits per heavy atom. The fraction of sp³-hybridized carbons (Fsp3) is 0.909. The molecular formula is C11H23N3O3. The standard InChI is InChI=1S/C11H23N3O3/c1-8(15)12-6-9-11(17)10(16)7-14(9)5-4-13(2)3/h9-11,16-17H,4-7H2,1-3H3,(H,12,15)/t9-,10+,11-/m1/s1.